The highest BCUT2D eigenvalue weighted by Gasteiger charge is 2.59. The van der Waals surface area contributed by atoms with Crippen LogP contribution in [0.2, 0.25) is 0 Å². The summed E-state index contributed by atoms with van der Waals surface area (Å²) < 4.78 is 5.98. The Labute approximate surface area is 211 Å². The largest absolute Gasteiger partial charge is 0.359 e. The molecule has 3 aliphatic carbocycles. The van der Waals surface area contributed by atoms with Crippen LogP contribution in [0.15, 0.2) is 24.3 Å². The predicted molar refractivity (Wildman–Crippen MR) is 139 cm³/mol. The van der Waals surface area contributed by atoms with Crippen LogP contribution < -0.4 is 10.6 Å². The Hall–Kier alpha value is -1.88. The van der Waals surface area contributed by atoms with Gasteiger partial charge in [0.1, 0.15) is 12.7 Å². The number of nitrogens with one attached hydrogen (secondary N) is 2. The highest BCUT2D eigenvalue weighted by molar-refractivity contribution is 5.92. The summed E-state index contributed by atoms with van der Waals surface area (Å²) in [6.07, 6.45) is 9.21. The Bertz CT molecular complexity index is 967. The summed E-state index contributed by atoms with van der Waals surface area (Å²) >= 11 is 0. The molecule has 5 rings (SSSR count). The smallest absolute Gasteiger partial charge is 0.250 e. The van der Waals surface area contributed by atoms with Crippen LogP contribution in [0.4, 0.5) is 5.69 Å². The Balaban J connectivity index is 1.21. The maximum Gasteiger partial charge on any atom is 0.250 e. The quantitative estimate of drug-likeness (QED) is 0.570. The summed E-state index contributed by atoms with van der Waals surface area (Å²) in [5, 5.41) is 6.23. The summed E-state index contributed by atoms with van der Waals surface area (Å²) in [7, 11) is 0. The number of benzene rings is 1. The van der Waals surface area contributed by atoms with Gasteiger partial charge in [-0.3, -0.25) is 9.59 Å². The average molecular weight is 481 g/mol. The zero-order valence-electron chi connectivity index (χ0n) is 22.3. The van der Waals surface area contributed by atoms with E-state index >= 15 is 0 Å². The number of fused-ring (bicyclic) bond motifs is 5. The fourth-order valence-corrected chi connectivity index (χ4v) is 8.30. The van der Waals surface area contributed by atoms with Crippen molar-refractivity contribution in [2.24, 2.45) is 28.6 Å². The lowest BCUT2D eigenvalue weighted by Crippen LogP contribution is -2.64. The monoisotopic (exact) mass is 480 g/mol. The number of ether oxygens (including phenoxy) is 1. The minimum atomic E-state index is -0.555. The SMILES string of the molecule is CC(C)(C)c1ccc(NC(=O)COC2C[C@@]3(C)C(CC[C@@H]4[C@H]3CC[C@]3(C)CCC[C@@H]43)NC2=O)cc1. The number of carbonyl (C=O) groups excluding carboxylic acids is 2. The minimum absolute atomic E-state index is 0.0463. The predicted octanol–water partition coefficient (Wildman–Crippen LogP) is 5.83. The van der Waals surface area contributed by atoms with Crippen molar-refractivity contribution in [3.05, 3.63) is 29.8 Å². The zero-order valence-corrected chi connectivity index (χ0v) is 22.3. The van der Waals surface area contributed by atoms with Crippen LogP contribution in [0.1, 0.15) is 91.5 Å². The van der Waals surface area contributed by atoms with Crippen LogP contribution in [0.5, 0.6) is 0 Å². The molecule has 3 saturated carbocycles. The molecule has 7 atom stereocenters. The molecule has 192 valence electrons. The van der Waals surface area contributed by atoms with Gasteiger partial charge in [0, 0.05) is 11.7 Å². The van der Waals surface area contributed by atoms with Gasteiger partial charge in [-0.25, -0.2) is 0 Å². The third-order valence-electron chi connectivity index (χ3n) is 10.3. The van der Waals surface area contributed by atoms with Gasteiger partial charge in [0.25, 0.3) is 0 Å². The van der Waals surface area contributed by atoms with E-state index in [-0.39, 0.29) is 35.3 Å². The Kier molecular flexibility index (Phi) is 6.31. The molecule has 2 amide bonds. The average Bonchev–Trinajstić information content (AvgIpc) is 3.20. The molecule has 0 aromatic heterocycles. The number of carbonyl (C=O) groups is 2. The van der Waals surface area contributed by atoms with Crippen molar-refractivity contribution < 1.29 is 14.3 Å². The molecule has 4 fully saturated rings. The highest BCUT2D eigenvalue weighted by atomic mass is 16.5. The van der Waals surface area contributed by atoms with Crippen molar-refractivity contribution in [2.75, 3.05) is 11.9 Å². The molecule has 0 radical (unpaired) electrons. The van der Waals surface area contributed by atoms with E-state index in [1.807, 2.05) is 24.3 Å². The van der Waals surface area contributed by atoms with E-state index in [9.17, 15) is 9.59 Å². The molecule has 2 N–H and O–H groups in total. The first kappa shape index (κ1) is 24.8. The first-order chi connectivity index (χ1) is 16.5. The topological polar surface area (TPSA) is 67.4 Å². The third kappa shape index (κ3) is 4.54. The van der Waals surface area contributed by atoms with E-state index in [1.165, 1.54) is 44.1 Å². The Morgan fingerprint density at radius 3 is 2.51 bits per heavy atom. The van der Waals surface area contributed by atoms with E-state index < -0.39 is 6.10 Å². The van der Waals surface area contributed by atoms with Crippen molar-refractivity contribution >= 4 is 17.5 Å². The van der Waals surface area contributed by atoms with E-state index in [1.54, 1.807) is 0 Å². The Morgan fingerprint density at radius 1 is 1.06 bits per heavy atom. The number of hydrogen-bond donors (Lipinski definition) is 2. The van der Waals surface area contributed by atoms with Crippen molar-refractivity contribution in [2.45, 2.75) is 104 Å². The molecule has 5 nitrogen and oxygen atoms in total. The fraction of sp³-hybridized carbons (Fsp3) is 0.733. The summed E-state index contributed by atoms with van der Waals surface area (Å²) in [5.41, 5.74) is 2.62. The van der Waals surface area contributed by atoms with Gasteiger partial charge in [0.15, 0.2) is 0 Å². The molecule has 1 saturated heterocycles. The maximum absolute atomic E-state index is 12.9. The summed E-state index contributed by atoms with van der Waals surface area (Å²) in [5.74, 6) is 1.99. The van der Waals surface area contributed by atoms with Gasteiger partial charge in [-0.1, -0.05) is 53.2 Å². The lowest BCUT2D eigenvalue weighted by molar-refractivity contribution is -0.158. The second-order valence-electron chi connectivity index (χ2n) is 13.5. The molecule has 1 heterocycles. The lowest BCUT2D eigenvalue weighted by Gasteiger charge is -2.60. The third-order valence-corrected chi connectivity index (χ3v) is 10.3. The summed E-state index contributed by atoms with van der Waals surface area (Å²) in [6.45, 7) is 11.3. The van der Waals surface area contributed by atoms with Crippen LogP contribution in [0, 0.1) is 28.6 Å². The molecule has 4 aliphatic rings. The molecule has 2 unspecified atom stereocenters. The van der Waals surface area contributed by atoms with Crippen molar-refractivity contribution in [1.29, 1.82) is 0 Å². The minimum Gasteiger partial charge on any atom is -0.359 e. The normalized spacial score (nSPS) is 38.7. The van der Waals surface area contributed by atoms with Crippen LogP contribution in [0.25, 0.3) is 0 Å². The lowest BCUT2D eigenvalue weighted by atomic mass is 9.47. The van der Waals surface area contributed by atoms with Crippen molar-refractivity contribution in [1.82, 2.24) is 5.32 Å². The molecule has 5 heteroatoms. The number of anilines is 1. The van der Waals surface area contributed by atoms with E-state index in [0.29, 0.717) is 11.3 Å². The van der Waals surface area contributed by atoms with Gasteiger partial charge >= 0.3 is 0 Å². The molecule has 1 aromatic carbocycles. The van der Waals surface area contributed by atoms with Gasteiger partial charge in [0.2, 0.25) is 11.8 Å². The first-order valence-corrected chi connectivity index (χ1v) is 13.8. The molecule has 1 aliphatic heterocycles. The standard InChI is InChI=1S/C30H44N2O3/c1-28(2,3)19-8-10-20(11-9-19)31-26(33)18-35-24-17-30(5)23-14-16-29(4)15-6-7-22(29)21(23)12-13-25(30)32-27(24)34/h8-11,21-25H,6-7,12-18H2,1-5H3,(H,31,33)(H,32,34)/t21-,22-,23+,24?,25?,29-,30+/m0/s1. The zero-order chi connectivity index (χ0) is 25.0. The van der Waals surface area contributed by atoms with E-state index in [2.05, 4.69) is 45.3 Å². The molecular formula is C30H44N2O3. The van der Waals surface area contributed by atoms with E-state index in [4.69, 9.17) is 4.74 Å². The van der Waals surface area contributed by atoms with Gasteiger partial charge in [-0.2, -0.15) is 0 Å². The van der Waals surface area contributed by atoms with Crippen molar-refractivity contribution in [3.8, 4) is 0 Å². The second-order valence-corrected chi connectivity index (χ2v) is 13.5. The number of amides is 2. The Morgan fingerprint density at radius 2 is 1.80 bits per heavy atom. The van der Waals surface area contributed by atoms with Crippen molar-refractivity contribution in [3.63, 3.8) is 0 Å². The van der Waals surface area contributed by atoms with Crippen LogP contribution in [-0.4, -0.2) is 30.6 Å². The molecule has 0 spiro atoms. The summed E-state index contributed by atoms with van der Waals surface area (Å²) in [6, 6.07) is 8.19. The fourth-order valence-electron chi connectivity index (χ4n) is 8.30. The number of hydrogen-bond acceptors (Lipinski definition) is 3. The molecule has 1 aromatic rings. The van der Waals surface area contributed by atoms with Gasteiger partial charge in [0.05, 0.1) is 0 Å². The van der Waals surface area contributed by atoms with Gasteiger partial charge < -0.3 is 15.4 Å². The molecule has 0 bridgehead atoms. The second kappa shape index (κ2) is 8.90. The maximum atomic E-state index is 12.9. The van der Waals surface area contributed by atoms with Crippen LogP contribution >= 0.6 is 0 Å². The van der Waals surface area contributed by atoms with Crippen LogP contribution in [0.3, 0.4) is 0 Å². The first-order valence-electron chi connectivity index (χ1n) is 13.8. The molecular weight excluding hydrogens is 436 g/mol. The summed E-state index contributed by atoms with van der Waals surface area (Å²) in [4.78, 5) is 25.5. The van der Waals surface area contributed by atoms with Crippen LogP contribution in [-0.2, 0) is 19.7 Å². The van der Waals surface area contributed by atoms with E-state index in [0.717, 1.165) is 30.4 Å². The number of piperidine rings is 1. The van der Waals surface area contributed by atoms with Gasteiger partial charge in [-0.05, 0) is 96.6 Å². The highest BCUT2D eigenvalue weighted by Crippen LogP contribution is 2.64. The number of rotatable bonds is 4. The molecule has 35 heavy (non-hydrogen) atoms. The van der Waals surface area contributed by atoms with Gasteiger partial charge in [-0.15, -0.1) is 0 Å².